The summed E-state index contributed by atoms with van der Waals surface area (Å²) in [6.07, 6.45) is 6.15. The van der Waals surface area contributed by atoms with Crippen molar-refractivity contribution in [2.75, 3.05) is 18.4 Å². The molecule has 5 rings (SSSR count). The van der Waals surface area contributed by atoms with E-state index in [2.05, 4.69) is 27.6 Å². The molecule has 2 amide bonds. The first-order valence-electron chi connectivity index (χ1n) is 10.8. The van der Waals surface area contributed by atoms with Gasteiger partial charge in [-0.05, 0) is 38.5 Å². The molecule has 3 aromatic rings. The summed E-state index contributed by atoms with van der Waals surface area (Å²) in [5.41, 5.74) is 1.13. The normalized spacial score (nSPS) is 18.0. The van der Waals surface area contributed by atoms with Crippen LogP contribution in [0.5, 0.6) is 0 Å². The summed E-state index contributed by atoms with van der Waals surface area (Å²) in [5, 5.41) is 21.2. The number of carbonyl (C=O) groups is 2. The fourth-order valence-corrected chi connectivity index (χ4v) is 4.93. The zero-order chi connectivity index (χ0) is 22.2. The van der Waals surface area contributed by atoms with E-state index < -0.39 is 6.09 Å². The van der Waals surface area contributed by atoms with Crippen LogP contribution in [-0.2, 0) is 0 Å². The predicted octanol–water partition coefficient (Wildman–Crippen LogP) is 2.94. The van der Waals surface area contributed by atoms with E-state index in [0.29, 0.717) is 49.2 Å². The second kappa shape index (κ2) is 8.38. The summed E-state index contributed by atoms with van der Waals surface area (Å²) in [6.45, 7) is 3.10. The highest BCUT2D eigenvalue weighted by molar-refractivity contribution is 7.16. The minimum atomic E-state index is -1.03. The molecule has 32 heavy (non-hydrogen) atoms. The molecule has 1 aliphatic carbocycles. The zero-order valence-corrected chi connectivity index (χ0v) is 18.5. The number of amides is 2. The molecule has 168 valence electrons. The Balaban J connectivity index is 1.42. The second-order valence-corrected chi connectivity index (χ2v) is 9.35. The molecule has 2 aliphatic rings. The molecule has 1 saturated carbocycles. The van der Waals surface area contributed by atoms with E-state index in [-0.39, 0.29) is 18.0 Å². The predicted molar refractivity (Wildman–Crippen MR) is 120 cm³/mol. The zero-order valence-electron chi connectivity index (χ0n) is 17.7. The van der Waals surface area contributed by atoms with Crippen LogP contribution >= 0.6 is 11.3 Å². The van der Waals surface area contributed by atoms with Crippen LogP contribution in [0.4, 0.5) is 10.6 Å². The van der Waals surface area contributed by atoms with Crippen LogP contribution in [0.3, 0.4) is 0 Å². The number of nitrogens with zero attached hydrogens (tertiary/aromatic N) is 5. The van der Waals surface area contributed by atoms with Crippen molar-refractivity contribution in [3.8, 4) is 11.4 Å². The number of hydrogen-bond acceptors (Lipinski definition) is 7. The minimum absolute atomic E-state index is 0.131. The number of anilines is 1. The Morgan fingerprint density at radius 3 is 2.72 bits per heavy atom. The Morgan fingerprint density at radius 1 is 1.22 bits per heavy atom. The molecule has 1 saturated heterocycles. The molecule has 10 nitrogen and oxygen atoms in total. The van der Waals surface area contributed by atoms with Crippen molar-refractivity contribution in [2.24, 2.45) is 5.92 Å². The van der Waals surface area contributed by atoms with E-state index in [1.165, 1.54) is 12.8 Å². The largest absolute Gasteiger partial charge is 0.465 e. The molecule has 0 bridgehead atoms. The first-order chi connectivity index (χ1) is 15.5. The molecule has 11 heteroatoms. The average Bonchev–Trinajstić information content (AvgIpc) is 3.39. The van der Waals surface area contributed by atoms with Crippen molar-refractivity contribution in [2.45, 2.75) is 44.7 Å². The first kappa shape index (κ1) is 20.7. The number of likely N-dealkylation sites (tertiary alicyclic amines) is 1. The van der Waals surface area contributed by atoms with E-state index in [9.17, 15) is 9.59 Å². The fourth-order valence-electron chi connectivity index (χ4n) is 4.14. The monoisotopic (exact) mass is 455 g/mol. The van der Waals surface area contributed by atoms with Crippen LogP contribution in [0, 0.1) is 5.92 Å². The van der Waals surface area contributed by atoms with E-state index in [4.69, 9.17) is 10.1 Å². The number of hydrogen-bond donors (Lipinski definition) is 3. The highest BCUT2D eigenvalue weighted by Crippen LogP contribution is 2.34. The number of rotatable bonds is 6. The number of nitrogens with one attached hydrogen (secondary N) is 2. The van der Waals surface area contributed by atoms with Crippen LogP contribution in [0.1, 0.15) is 43.1 Å². The molecule has 0 radical (unpaired) electrons. The number of carboxylic acid groups (broad SMARTS) is 1. The number of aromatic nitrogens is 4. The summed E-state index contributed by atoms with van der Waals surface area (Å²) in [6, 6.07) is 1.86. The van der Waals surface area contributed by atoms with Gasteiger partial charge >= 0.3 is 6.09 Å². The molecule has 0 spiro atoms. The maximum absolute atomic E-state index is 13.3. The Morgan fingerprint density at radius 2 is 2.00 bits per heavy atom. The number of piperidine rings is 1. The van der Waals surface area contributed by atoms with E-state index >= 15 is 0 Å². The Kier molecular flexibility index (Phi) is 5.41. The van der Waals surface area contributed by atoms with Gasteiger partial charge in [0.2, 0.25) is 0 Å². The summed E-state index contributed by atoms with van der Waals surface area (Å²) in [5.74, 6) is 1.57. The SMILES string of the molecule is C[C@@H](Nc1cc(C(=O)N2CCC(NC(=O)O)CC2)nc(-c2cnn3ccsc23)n1)C1CC1. The van der Waals surface area contributed by atoms with Crippen molar-refractivity contribution in [3.05, 3.63) is 29.5 Å². The Hall–Kier alpha value is -3.21. The van der Waals surface area contributed by atoms with Gasteiger partial charge in [-0.15, -0.1) is 11.3 Å². The van der Waals surface area contributed by atoms with Gasteiger partial charge in [0, 0.05) is 42.8 Å². The van der Waals surface area contributed by atoms with Gasteiger partial charge in [0.25, 0.3) is 5.91 Å². The molecule has 2 fully saturated rings. The van der Waals surface area contributed by atoms with Crippen LogP contribution < -0.4 is 10.6 Å². The summed E-state index contributed by atoms with van der Waals surface area (Å²) in [7, 11) is 0. The van der Waals surface area contributed by atoms with Crippen molar-refractivity contribution in [1.82, 2.24) is 29.8 Å². The van der Waals surface area contributed by atoms with Gasteiger partial charge < -0.3 is 20.6 Å². The molecule has 1 atom stereocenters. The molecule has 3 aromatic heterocycles. The number of thiazole rings is 1. The maximum Gasteiger partial charge on any atom is 0.404 e. The average molecular weight is 456 g/mol. The minimum Gasteiger partial charge on any atom is -0.465 e. The molecule has 4 heterocycles. The summed E-state index contributed by atoms with van der Waals surface area (Å²) in [4.78, 5) is 36.2. The third kappa shape index (κ3) is 4.24. The van der Waals surface area contributed by atoms with Gasteiger partial charge in [0.1, 0.15) is 16.3 Å². The van der Waals surface area contributed by atoms with Gasteiger partial charge in [-0.3, -0.25) is 4.79 Å². The topological polar surface area (TPSA) is 125 Å². The molecule has 1 aliphatic heterocycles. The van der Waals surface area contributed by atoms with E-state index in [0.717, 1.165) is 10.4 Å². The lowest BCUT2D eigenvalue weighted by atomic mass is 10.0. The van der Waals surface area contributed by atoms with Crippen molar-refractivity contribution in [3.63, 3.8) is 0 Å². The third-order valence-corrected chi connectivity index (χ3v) is 7.02. The highest BCUT2D eigenvalue weighted by atomic mass is 32.1. The molecule has 0 aromatic carbocycles. The van der Waals surface area contributed by atoms with Gasteiger partial charge in [-0.2, -0.15) is 5.10 Å². The standard InChI is InChI=1S/C21H25N7O3S/c1-12(13-2-3-13)23-17-10-16(19(29)27-6-4-14(5-7-27)24-21(30)31)25-18(26-17)15-11-22-28-8-9-32-20(15)28/h8-14,24H,2-7H2,1H3,(H,30,31)(H,23,25,26)/t12-/m1/s1. The lowest BCUT2D eigenvalue weighted by Crippen LogP contribution is -2.46. The van der Waals surface area contributed by atoms with Gasteiger partial charge in [0.15, 0.2) is 5.82 Å². The van der Waals surface area contributed by atoms with Gasteiger partial charge in [0.05, 0.1) is 11.8 Å². The van der Waals surface area contributed by atoms with Crippen LogP contribution in [0.15, 0.2) is 23.8 Å². The highest BCUT2D eigenvalue weighted by Gasteiger charge is 2.30. The Bertz CT molecular complexity index is 1150. The van der Waals surface area contributed by atoms with Gasteiger partial charge in [-0.25, -0.2) is 19.3 Å². The van der Waals surface area contributed by atoms with Crippen molar-refractivity contribution in [1.29, 1.82) is 0 Å². The second-order valence-electron chi connectivity index (χ2n) is 8.46. The van der Waals surface area contributed by atoms with Crippen molar-refractivity contribution < 1.29 is 14.7 Å². The van der Waals surface area contributed by atoms with Crippen LogP contribution in [-0.4, -0.2) is 66.8 Å². The lowest BCUT2D eigenvalue weighted by molar-refractivity contribution is 0.0700. The van der Waals surface area contributed by atoms with Crippen LogP contribution in [0.25, 0.3) is 16.2 Å². The number of fused-ring (bicyclic) bond motifs is 1. The fraction of sp³-hybridized carbons (Fsp3) is 0.476. The maximum atomic E-state index is 13.3. The van der Waals surface area contributed by atoms with E-state index in [1.54, 1.807) is 33.0 Å². The van der Waals surface area contributed by atoms with E-state index in [1.807, 2.05) is 11.6 Å². The quantitative estimate of drug-likeness (QED) is 0.522. The first-order valence-corrected chi connectivity index (χ1v) is 11.7. The smallest absolute Gasteiger partial charge is 0.404 e. The van der Waals surface area contributed by atoms with Crippen LogP contribution in [0.2, 0.25) is 0 Å². The Labute approximate surface area is 188 Å². The third-order valence-electron chi connectivity index (χ3n) is 6.13. The lowest BCUT2D eigenvalue weighted by Gasteiger charge is -2.31. The summed E-state index contributed by atoms with van der Waals surface area (Å²) < 4.78 is 1.78. The molecular weight excluding hydrogens is 430 g/mol. The molecule has 0 unspecified atom stereocenters. The molecule has 3 N–H and O–H groups in total. The number of carbonyl (C=O) groups excluding carboxylic acids is 1. The van der Waals surface area contributed by atoms with Gasteiger partial charge in [-0.1, -0.05) is 0 Å². The molecular formula is C21H25N7O3S. The summed E-state index contributed by atoms with van der Waals surface area (Å²) >= 11 is 1.55. The van der Waals surface area contributed by atoms with Crippen molar-refractivity contribution >= 4 is 34.0 Å².